The topological polar surface area (TPSA) is 41.6 Å². The molecule has 4 nitrogen and oxygen atoms in total. The van der Waals surface area contributed by atoms with Crippen LogP contribution in [0.15, 0.2) is 24.3 Å². The van der Waals surface area contributed by atoms with E-state index in [2.05, 4.69) is 5.43 Å². The molecule has 1 heterocycles. The molecule has 1 atom stereocenters. The Labute approximate surface area is 139 Å². The fraction of sp³-hybridized carbons (Fsp3) is 0.588. The molecule has 0 spiro atoms. The van der Waals surface area contributed by atoms with Crippen LogP contribution in [-0.4, -0.2) is 36.3 Å². The number of halogens is 3. The minimum atomic E-state index is -4.42. The molecular formula is C17H23F3N2O2. The van der Waals surface area contributed by atoms with Crippen LogP contribution >= 0.6 is 0 Å². The summed E-state index contributed by atoms with van der Waals surface area (Å²) in [5.74, 6) is 0.221. The van der Waals surface area contributed by atoms with E-state index in [9.17, 15) is 18.0 Å². The molecule has 2 rings (SSSR count). The van der Waals surface area contributed by atoms with Gasteiger partial charge in [-0.2, -0.15) is 13.2 Å². The minimum Gasteiger partial charge on any atom is -0.494 e. The molecule has 1 fully saturated rings. The Morgan fingerprint density at radius 1 is 1.33 bits per heavy atom. The number of para-hydroxylation sites is 1. The van der Waals surface area contributed by atoms with Gasteiger partial charge in [0.25, 0.3) is 0 Å². The molecular weight excluding hydrogens is 321 g/mol. The van der Waals surface area contributed by atoms with E-state index in [1.807, 2.05) is 6.92 Å². The number of hydrogen-bond donors (Lipinski definition) is 1. The molecule has 1 aliphatic rings. The van der Waals surface area contributed by atoms with Crippen LogP contribution in [0, 0.1) is 5.41 Å². The van der Waals surface area contributed by atoms with Crippen LogP contribution < -0.4 is 10.2 Å². The zero-order chi connectivity index (χ0) is 18.0. The van der Waals surface area contributed by atoms with Gasteiger partial charge in [-0.25, -0.2) is 5.01 Å². The Morgan fingerprint density at radius 3 is 2.54 bits per heavy atom. The molecule has 0 unspecified atom stereocenters. The molecule has 1 aromatic carbocycles. The molecule has 1 amide bonds. The number of carbonyl (C=O) groups excluding carboxylic acids is 1. The first-order valence-electron chi connectivity index (χ1n) is 8.00. The molecule has 0 bridgehead atoms. The number of hydrogen-bond acceptors (Lipinski definition) is 3. The van der Waals surface area contributed by atoms with E-state index in [-0.39, 0.29) is 25.3 Å². The van der Waals surface area contributed by atoms with E-state index in [0.717, 1.165) is 10.6 Å². The molecule has 1 aliphatic heterocycles. The highest BCUT2D eigenvalue weighted by Crippen LogP contribution is 2.33. The van der Waals surface area contributed by atoms with E-state index in [1.54, 1.807) is 38.1 Å². The third kappa shape index (κ3) is 4.20. The minimum absolute atomic E-state index is 0.0309. The monoisotopic (exact) mass is 344 g/mol. The van der Waals surface area contributed by atoms with Crippen molar-refractivity contribution in [3.63, 3.8) is 0 Å². The molecule has 1 aromatic rings. The normalized spacial score (nSPS) is 19.2. The number of carbonyl (C=O) groups is 1. The van der Waals surface area contributed by atoms with Gasteiger partial charge < -0.3 is 4.74 Å². The summed E-state index contributed by atoms with van der Waals surface area (Å²) in [5, 5.41) is 1.02. The first-order valence-corrected chi connectivity index (χ1v) is 8.00. The van der Waals surface area contributed by atoms with Gasteiger partial charge in [0, 0.05) is 6.54 Å². The molecule has 0 aromatic heterocycles. The fourth-order valence-electron chi connectivity index (χ4n) is 2.80. The second-order valence-corrected chi connectivity index (χ2v) is 6.59. The van der Waals surface area contributed by atoms with Gasteiger partial charge in [0.05, 0.1) is 12.0 Å². The zero-order valence-corrected chi connectivity index (χ0v) is 14.1. The van der Waals surface area contributed by atoms with Crippen LogP contribution in [0.5, 0.6) is 5.75 Å². The van der Waals surface area contributed by atoms with E-state index in [4.69, 9.17) is 4.74 Å². The van der Waals surface area contributed by atoms with Crippen molar-refractivity contribution in [1.29, 1.82) is 0 Å². The highest BCUT2D eigenvalue weighted by Gasteiger charge is 2.49. The Hall–Kier alpha value is -1.76. The number of alkyl halides is 3. The molecule has 1 N–H and O–H groups in total. The second kappa shape index (κ2) is 7.01. The molecule has 0 saturated carbocycles. The van der Waals surface area contributed by atoms with E-state index in [0.29, 0.717) is 12.4 Å². The largest absolute Gasteiger partial charge is 0.494 e. The Bertz CT molecular complexity index is 587. The average Bonchev–Trinajstić information content (AvgIpc) is 2.73. The van der Waals surface area contributed by atoms with Crippen molar-refractivity contribution in [2.45, 2.75) is 45.8 Å². The van der Waals surface area contributed by atoms with Crippen LogP contribution in [0.2, 0.25) is 0 Å². The fourth-order valence-corrected chi connectivity index (χ4v) is 2.80. The van der Waals surface area contributed by atoms with E-state index >= 15 is 0 Å². The first-order chi connectivity index (χ1) is 11.1. The van der Waals surface area contributed by atoms with Gasteiger partial charge in [-0.05, 0) is 45.2 Å². The first kappa shape index (κ1) is 18.6. The van der Waals surface area contributed by atoms with Gasteiger partial charge in [0.1, 0.15) is 11.8 Å². The number of aryl methyl sites for hydroxylation is 1. The van der Waals surface area contributed by atoms with Gasteiger partial charge in [-0.1, -0.05) is 18.2 Å². The number of hydrazine groups is 1. The van der Waals surface area contributed by atoms with Crippen molar-refractivity contribution >= 4 is 5.91 Å². The smallest absolute Gasteiger partial charge is 0.405 e. The lowest BCUT2D eigenvalue weighted by Gasteiger charge is -2.29. The molecule has 0 radical (unpaired) electrons. The molecule has 0 aliphatic carbocycles. The summed E-state index contributed by atoms with van der Waals surface area (Å²) >= 11 is 0. The molecule has 24 heavy (non-hydrogen) atoms. The third-order valence-electron chi connectivity index (χ3n) is 4.14. The summed E-state index contributed by atoms with van der Waals surface area (Å²) in [7, 11) is 0. The third-order valence-corrected chi connectivity index (χ3v) is 4.14. The standard InChI is InChI=1S/C17H23F3N2O2/c1-4-24-13-8-6-5-7-12(13)9-10-14(17(18,19)20)22-11-16(2,3)15(23)21-22/h5-8,14H,4,9-11H2,1-3H3,(H,21,23)/t14-/m0/s1. The summed E-state index contributed by atoms with van der Waals surface area (Å²) in [6.07, 6.45) is -4.36. The number of nitrogens with zero attached hydrogens (tertiary/aromatic N) is 1. The Kier molecular flexibility index (Phi) is 5.42. The zero-order valence-electron chi connectivity index (χ0n) is 14.1. The number of benzene rings is 1. The van der Waals surface area contributed by atoms with Gasteiger partial charge in [0.15, 0.2) is 0 Å². The number of amides is 1. The predicted octanol–water partition coefficient (Wildman–Crippen LogP) is 3.32. The quantitative estimate of drug-likeness (QED) is 0.861. The lowest BCUT2D eigenvalue weighted by atomic mass is 9.94. The maximum absolute atomic E-state index is 13.5. The van der Waals surface area contributed by atoms with Crippen molar-refractivity contribution in [2.75, 3.05) is 13.2 Å². The molecule has 7 heteroatoms. The van der Waals surface area contributed by atoms with Crippen LogP contribution in [0.1, 0.15) is 32.8 Å². The van der Waals surface area contributed by atoms with Crippen molar-refractivity contribution in [2.24, 2.45) is 5.41 Å². The van der Waals surface area contributed by atoms with Gasteiger partial charge in [0.2, 0.25) is 5.91 Å². The van der Waals surface area contributed by atoms with E-state index < -0.39 is 17.6 Å². The SMILES string of the molecule is CCOc1ccccc1CC[C@H](N1CC(C)(C)C(=O)N1)C(F)(F)F. The van der Waals surface area contributed by atoms with Crippen LogP contribution in [0.4, 0.5) is 13.2 Å². The number of nitrogens with one attached hydrogen (secondary N) is 1. The highest BCUT2D eigenvalue weighted by molar-refractivity contribution is 5.83. The van der Waals surface area contributed by atoms with Crippen LogP contribution in [0.25, 0.3) is 0 Å². The van der Waals surface area contributed by atoms with Crippen molar-refractivity contribution in [1.82, 2.24) is 10.4 Å². The predicted molar refractivity (Wildman–Crippen MR) is 84.4 cm³/mol. The summed E-state index contributed by atoms with van der Waals surface area (Å²) < 4.78 is 45.9. The molecule has 134 valence electrons. The van der Waals surface area contributed by atoms with Crippen LogP contribution in [0.3, 0.4) is 0 Å². The van der Waals surface area contributed by atoms with Crippen molar-refractivity contribution in [3.05, 3.63) is 29.8 Å². The summed E-state index contributed by atoms with van der Waals surface area (Å²) in [5.41, 5.74) is 2.28. The van der Waals surface area contributed by atoms with Gasteiger partial charge >= 0.3 is 6.18 Å². The summed E-state index contributed by atoms with van der Waals surface area (Å²) in [6.45, 7) is 5.59. The Balaban J connectivity index is 2.13. The second-order valence-electron chi connectivity index (χ2n) is 6.59. The highest BCUT2D eigenvalue weighted by atomic mass is 19.4. The van der Waals surface area contributed by atoms with E-state index in [1.165, 1.54) is 0 Å². The summed E-state index contributed by atoms with van der Waals surface area (Å²) in [4.78, 5) is 11.8. The maximum atomic E-state index is 13.5. The lowest BCUT2D eigenvalue weighted by Crippen LogP contribution is -2.50. The van der Waals surface area contributed by atoms with Crippen LogP contribution in [-0.2, 0) is 11.2 Å². The van der Waals surface area contributed by atoms with Crippen molar-refractivity contribution < 1.29 is 22.7 Å². The number of ether oxygens (including phenoxy) is 1. The van der Waals surface area contributed by atoms with Gasteiger partial charge in [-0.3, -0.25) is 10.2 Å². The Morgan fingerprint density at radius 2 is 2.00 bits per heavy atom. The lowest BCUT2D eigenvalue weighted by molar-refractivity contribution is -0.190. The van der Waals surface area contributed by atoms with Crippen molar-refractivity contribution in [3.8, 4) is 5.75 Å². The molecule has 1 saturated heterocycles. The summed E-state index contributed by atoms with van der Waals surface area (Å²) in [6, 6.07) is 5.37. The maximum Gasteiger partial charge on any atom is 0.405 e. The average molecular weight is 344 g/mol. The van der Waals surface area contributed by atoms with Gasteiger partial charge in [-0.15, -0.1) is 0 Å². The number of rotatable bonds is 6.